The Balaban J connectivity index is 2.48. The van der Waals surface area contributed by atoms with E-state index in [4.69, 9.17) is 4.74 Å². The quantitative estimate of drug-likeness (QED) is 0.878. The van der Waals surface area contributed by atoms with E-state index in [1.54, 1.807) is 0 Å². The van der Waals surface area contributed by atoms with E-state index in [9.17, 15) is 13.2 Å². The van der Waals surface area contributed by atoms with Gasteiger partial charge in [-0.05, 0) is 19.1 Å². The Morgan fingerprint density at radius 1 is 1.41 bits per heavy atom. The third kappa shape index (κ3) is 2.52. The monoisotopic (exact) mass is 263 g/mol. The van der Waals surface area contributed by atoms with Gasteiger partial charge in [-0.3, -0.25) is 0 Å². The molecule has 1 unspecified atom stereocenters. The van der Waals surface area contributed by atoms with Gasteiger partial charge in [-0.1, -0.05) is 11.8 Å². The van der Waals surface area contributed by atoms with Gasteiger partial charge >= 0.3 is 6.18 Å². The molecule has 0 aromatic heterocycles. The summed E-state index contributed by atoms with van der Waals surface area (Å²) in [5.74, 6) is 0. The van der Waals surface area contributed by atoms with Gasteiger partial charge in [-0.25, -0.2) is 0 Å². The molecule has 1 aliphatic heterocycles. The van der Waals surface area contributed by atoms with Gasteiger partial charge < -0.3 is 10.1 Å². The first-order valence-electron chi connectivity index (χ1n) is 5.08. The molecule has 6 heteroatoms. The van der Waals surface area contributed by atoms with Crippen LogP contribution in [0.1, 0.15) is 18.1 Å². The van der Waals surface area contributed by atoms with E-state index in [2.05, 4.69) is 5.32 Å². The van der Waals surface area contributed by atoms with Crippen molar-refractivity contribution in [1.29, 1.82) is 0 Å². The molecule has 0 spiro atoms. The highest BCUT2D eigenvalue weighted by Crippen LogP contribution is 2.44. The summed E-state index contributed by atoms with van der Waals surface area (Å²) in [7, 11) is 1.47. The molecule has 0 fully saturated rings. The molecule has 94 valence electrons. The second-order valence-electron chi connectivity index (χ2n) is 3.84. The normalized spacial score (nSPS) is 19.0. The number of nitrogens with one attached hydrogen (secondary N) is 1. The molecule has 0 radical (unpaired) electrons. The molecule has 0 saturated carbocycles. The molecule has 1 heterocycles. The fourth-order valence-corrected chi connectivity index (χ4v) is 2.85. The number of halogens is 3. The molecule has 1 atom stereocenters. The van der Waals surface area contributed by atoms with Crippen molar-refractivity contribution in [3.8, 4) is 0 Å². The molecule has 0 saturated heterocycles. The summed E-state index contributed by atoms with van der Waals surface area (Å²) in [6.45, 7) is 2.08. The fraction of sp³-hybridized carbons (Fsp3) is 0.455. The van der Waals surface area contributed by atoms with E-state index >= 15 is 0 Å². The Labute approximate surface area is 102 Å². The van der Waals surface area contributed by atoms with Gasteiger partial charge in [-0.15, -0.1) is 0 Å². The first-order chi connectivity index (χ1) is 7.91. The molecular formula is C11H12F3NOS. The molecule has 0 aliphatic carbocycles. The van der Waals surface area contributed by atoms with Gasteiger partial charge in [0.05, 0.1) is 23.2 Å². The number of ether oxygens (including phenoxy) is 1. The standard InChI is InChI=1S/C11H12F3NOS/c1-6-15-10-7(5-16-2)3-8(11(12,13)14)4-9(10)17-6/h3-4,6,15H,5H2,1-2H3. The Morgan fingerprint density at radius 2 is 2.12 bits per heavy atom. The summed E-state index contributed by atoms with van der Waals surface area (Å²) in [4.78, 5) is 0.638. The lowest BCUT2D eigenvalue weighted by atomic mass is 10.1. The van der Waals surface area contributed by atoms with Crippen LogP contribution in [0, 0.1) is 0 Å². The van der Waals surface area contributed by atoms with Gasteiger partial charge in [0.1, 0.15) is 0 Å². The van der Waals surface area contributed by atoms with E-state index in [0.29, 0.717) is 10.5 Å². The predicted molar refractivity (Wildman–Crippen MR) is 61.1 cm³/mol. The van der Waals surface area contributed by atoms with Crippen LogP contribution in [0.4, 0.5) is 18.9 Å². The lowest BCUT2D eigenvalue weighted by molar-refractivity contribution is -0.137. The van der Waals surface area contributed by atoms with Crippen molar-refractivity contribution in [3.63, 3.8) is 0 Å². The van der Waals surface area contributed by atoms with Crippen molar-refractivity contribution in [1.82, 2.24) is 0 Å². The smallest absolute Gasteiger partial charge is 0.380 e. The number of alkyl halides is 3. The Bertz CT molecular complexity index is 433. The number of rotatable bonds is 2. The molecule has 2 rings (SSSR count). The van der Waals surface area contributed by atoms with E-state index in [1.165, 1.54) is 24.9 Å². The fourth-order valence-electron chi connectivity index (χ4n) is 1.79. The summed E-state index contributed by atoms with van der Waals surface area (Å²) < 4.78 is 43.0. The van der Waals surface area contributed by atoms with Crippen LogP contribution in [0.3, 0.4) is 0 Å². The number of methoxy groups -OCH3 is 1. The van der Waals surface area contributed by atoms with E-state index in [1.807, 2.05) is 6.92 Å². The predicted octanol–water partition coefficient (Wildman–Crippen LogP) is 3.72. The van der Waals surface area contributed by atoms with Crippen LogP contribution in [-0.4, -0.2) is 12.5 Å². The summed E-state index contributed by atoms with van der Waals surface area (Å²) in [6.07, 6.45) is -4.32. The zero-order chi connectivity index (χ0) is 12.6. The average molecular weight is 263 g/mol. The minimum Gasteiger partial charge on any atom is -0.380 e. The van der Waals surface area contributed by atoms with E-state index in [-0.39, 0.29) is 12.0 Å². The van der Waals surface area contributed by atoms with Gasteiger partial charge in [-0.2, -0.15) is 13.2 Å². The number of benzene rings is 1. The number of anilines is 1. The molecule has 1 N–H and O–H groups in total. The SMILES string of the molecule is COCc1cc(C(F)(F)F)cc2c1NC(C)S2. The Hall–Kier alpha value is -0.880. The maximum absolute atomic E-state index is 12.7. The summed E-state index contributed by atoms with van der Waals surface area (Å²) >= 11 is 1.39. The van der Waals surface area contributed by atoms with Crippen LogP contribution in [-0.2, 0) is 17.5 Å². The first-order valence-corrected chi connectivity index (χ1v) is 5.96. The first kappa shape index (κ1) is 12.6. The Morgan fingerprint density at radius 3 is 2.71 bits per heavy atom. The molecular weight excluding hydrogens is 251 g/mol. The van der Waals surface area contributed by atoms with Crippen LogP contribution in [0.2, 0.25) is 0 Å². The number of hydrogen-bond acceptors (Lipinski definition) is 3. The maximum atomic E-state index is 12.7. The summed E-state index contributed by atoms with van der Waals surface area (Å²) in [6, 6.07) is 2.34. The van der Waals surface area contributed by atoms with Gasteiger partial charge in [0, 0.05) is 17.6 Å². The zero-order valence-corrected chi connectivity index (χ0v) is 10.2. The number of thioether (sulfide) groups is 1. The van der Waals surface area contributed by atoms with Crippen molar-refractivity contribution in [2.45, 2.75) is 30.0 Å². The average Bonchev–Trinajstić information content (AvgIpc) is 2.57. The van der Waals surface area contributed by atoms with Crippen LogP contribution in [0.25, 0.3) is 0 Å². The van der Waals surface area contributed by atoms with E-state index < -0.39 is 11.7 Å². The Kier molecular flexibility index (Phi) is 3.27. The number of hydrogen-bond donors (Lipinski definition) is 1. The third-order valence-corrected chi connectivity index (χ3v) is 3.51. The summed E-state index contributed by atoms with van der Waals surface area (Å²) in [5.41, 5.74) is 0.693. The minimum absolute atomic E-state index is 0.0871. The second-order valence-corrected chi connectivity index (χ2v) is 5.23. The van der Waals surface area contributed by atoms with Crippen molar-refractivity contribution >= 4 is 17.4 Å². The molecule has 1 aromatic rings. The largest absolute Gasteiger partial charge is 0.416 e. The lowest BCUT2D eigenvalue weighted by Crippen LogP contribution is -2.08. The highest BCUT2D eigenvalue weighted by Gasteiger charge is 2.33. The molecule has 17 heavy (non-hydrogen) atoms. The molecule has 1 aliphatic rings. The second kappa shape index (κ2) is 4.42. The van der Waals surface area contributed by atoms with Crippen molar-refractivity contribution in [3.05, 3.63) is 23.3 Å². The number of fused-ring (bicyclic) bond motifs is 1. The van der Waals surface area contributed by atoms with Crippen molar-refractivity contribution in [2.24, 2.45) is 0 Å². The van der Waals surface area contributed by atoms with Crippen LogP contribution >= 0.6 is 11.8 Å². The summed E-state index contributed by atoms with van der Waals surface area (Å²) in [5, 5.41) is 3.23. The van der Waals surface area contributed by atoms with Crippen molar-refractivity contribution < 1.29 is 17.9 Å². The maximum Gasteiger partial charge on any atom is 0.416 e. The van der Waals surface area contributed by atoms with E-state index in [0.717, 1.165) is 11.8 Å². The van der Waals surface area contributed by atoms with Crippen LogP contribution < -0.4 is 5.32 Å². The van der Waals surface area contributed by atoms with Gasteiger partial charge in [0.15, 0.2) is 0 Å². The zero-order valence-electron chi connectivity index (χ0n) is 9.39. The van der Waals surface area contributed by atoms with Crippen molar-refractivity contribution in [2.75, 3.05) is 12.4 Å². The van der Waals surface area contributed by atoms with Crippen LogP contribution in [0.15, 0.2) is 17.0 Å². The minimum atomic E-state index is -4.32. The molecule has 0 bridgehead atoms. The highest BCUT2D eigenvalue weighted by atomic mass is 32.2. The molecule has 1 aromatic carbocycles. The van der Waals surface area contributed by atoms with Gasteiger partial charge in [0.25, 0.3) is 0 Å². The topological polar surface area (TPSA) is 21.3 Å². The molecule has 0 amide bonds. The van der Waals surface area contributed by atoms with Crippen LogP contribution in [0.5, 0.6) is 0 Å². The lowest BCUT2D eigenvalue weighted by Gasteiger charge is -2.13. The van der Waals surface area contributed by atoms with Gasteiger partial charge in [0.2, 0.25) is 0 Å². The highest BCUT2D eigenvalue weighted by molar-refractivity contribution is 8.00. The third-order valence-electron chi connectivity index (χ3n) is 2.46. The molecule has 2 nitrogen and oxygen atoms in total.